The maximum absolute atomic E-state index is 11.0. The minimum atomic E-state index is -0.0187. The Labute approximate surface area is 123 Å². The summed E-state index contributed by atoms with van der Waals surface area (Å²) >= 11 is 0. The number of benzene rings is 1. The van der Waals surface area contributed by atoms with E-state index in [9.17, 15) is 4.79 Å². The number of hydrogen-bond donors (Lipinski definition) is 1. The third-order valence-electron chi connectivity index (χ3n) is 3.55. The van der Waals surface area contributed by atoms with Gasteiger partial charge in [-0.25, -0.2) is 4.98 Å². The second-order valence-electron chi connectivity index (χ2n) is 5.13. The lowest BCUT2D eigenvalue weighted by atomic mass is 10.0. The van der Waals surface area contributed by atoms with Crippen LogP contribution in [0.4, 0.5) is 0 Å². The molecule has 0 fully saturated rings. The number of carbonyl (C=O) groups excluding carboxylic acids is 1. The average molecular weight is 279 g/mol. The van der Waals surface area contributed by atoms with E-state index in [4.69, 9.17) is 0 Å². The molecule has 0 aliphatic rings. The molecule has 1 N–H and O–H groups in total. The van der Waals surface area contributed by atoms with Gasteiger partial charge < -0.3 is 9.88 Å². The molecule has 0 saturated heterocycles. The fraction of sp³-hybridized carbons (Fsp3) is 0.176. The molecule has 0 atom stereocenters. The normalized spacial score (nSPS) is 10.8. The summed E-state index contributed by atoms with van der Waals surface area (Å²) in [5.74, 6) is -0.0187. The molecule has 0 aliphatic carbocycles. The van der Waals surface area contributed by atoms with E-state index in [1.165, 1.54) is 6.92 Å². The lowest BCUT2D eigenvalue weighted by Gasteiger charge is -2.07. The number of rotatable bonds is 3. The molecule has 1 aromatic carbocycles. The van der Waals surface area contributed by atoms with E-state index in [0.29, 0.717) is 6.54 Å². The van der Waals surface area contributed by atoms with Crippen molar-refractivity contribution in [1.82, 2.24) is 14.9 Å². The molecule has 106 valence electrons. The monoisotopic (exact) mass is 279 g/mol. The molecule has 4 nitrogen and oxygen atoms in total. The van der Waals surface area contributed by atoms with Crippen molar-refractivity contribution in [2.45, 2.75) is 13.5 Å². The Bertz CT molecular complexity index is 805. The summed E-state index contributed by atoms with van der Waals surface area (Å²) in [6.45, 7) is 2.08. The standard InChI is InChI=1S/C17H17N3O/c1-12(21)19-11-13-4-3-5-14(10-13)15-6-8-18-17-16(15)7-9-20(17)2/h3-10H,11H2,1-2H3,(H,19,21). The van der Waals surface area contributed by atoms with Crippen molar-refractivity contribution in [3.63, 3.8) is 0 Å². The van der Waals surface area contributed by atoms with E-state index in [2.05, 4.69) is 28.5 Å². The fourth-order valence-electron chi connectivity index (χ4n) is 2.49. The van der Waals surface area contributed by atoms with Gasteiger partial charge in [0.15, 0.2) is 0 Å². The maximum atomic E-state index is 11.0. The Hall–Kier alpha value is -2.62. The van der Waals surface area contributed by atoms with E-state index in [-0.39, 0.29) is 5.91 Å². The molecule has 2 aromatic heterocycles. The molecule has 0 aliphatic heterocycles. The first kappa shape index (κ1) is 13.4. The van der Waals surface area contributed by atoms with Crippen LogP contribution in [0.5, 0.6) is 0 Å². The first-order valence-electron chi connectivity index (χ1n) is 6.89. The second-order valence-corrected chi connectivity index (χ2v) is 5.13. The zero-order valence-corrected chi connectivity index (χ0v) is 12.1. The highest BCUT2D eigenvalue weighted by atomic mass is 16.1. The van der Waals surface area contributed by atoms with Gasteiger partial charge in [-0.05, 0) is 34.9 Å². The van der Waals surface area contributed by atoms with E-state index >= 15 is 0 Å². The number of aromatic nitrogens is 2. The van der Waals surface area contributed by atoms with Gasteiger partial charge in [0, 0.05) is 38.3 Å². The first-order chi connectivity index (χ1) is 10.1. The first-order valence-corrected chi connectivity index (χ1v) is 6.89. The van der Waals surface area contributed by atoms with Crippen LogP contribution in [0.2, 0.25) is 0 Å². The molecule has 0 bridgehead atoms. The third-order valence-corrected chi connectivity index (χ3v) is 3.55. The summed E-state index contributed by atoms with van der Waals surface area (Å²) in [6, 6.07) is 12.3. The van der Waals surface area contributed by atoms with Gasteiger partial charge in [-0.3, -0.25) is 4.79 Å². The number of nitrogens with zero attached hydrogens (tertiary/aromatic N) is 2. The van der Waals surface area contributed by atoms with Crippen molar-refractivity contribution >= 4 is 16.9 Å². The van der Waals surface area contributed by atoms with Crippen molar-refractivity contribution in [1.29, 1.82) is 0 Å². The minimum Gasteiger partial charge on any atom is -0.352 e. The summed E-state index contributed by atoms with van der Waals surface area (Å²) in [6.07, 6.45) is 3.85. The SMILES string of the molecule is CC(=O)NCc1cccc(-c2ccnc3c2ccn3C)c1. The van der Waals surface area contributed by atoms with Crippen molar-refractivity contribution in [2.75, 3.05) is 0 Å². The Morgan fingerprint density at radius 1 is 1.29 bits per heavy atom. The van der Waals surface area contributed by atoms with E-state index in [1.807, 2.05) is 42.2 Å². The maximum Gasteiger partial charge on any atom is 0.217 e. The van der Waals surface area contributed by atoms with Crippen LogP contribution in [0.15, 0.2) is 48.8 Å². The molecular weight excluding hydrogens is 262 g/mol. The van der Waals surface area contributed by atoms with Gasteiger partial charge >= 0.3 is 0 Å². The fourth-order valence-corrected chi connectivity index (χ4v) is 2.49. The van der Waals surface area contributed by atoms with Crippen LogP contribution < -0.4 is 5.32 Å². The quantitative estimate of drug-likeness (QED) is 0.801. The number of hydrogen-bond acceptors (Lipinski definition) is 2. The lowest BCUT2D eigenvalue weighted by molar-refractivity contribution is -0.119. The van der Waals surface area contributed by atoms with Gasteiger partial charge in [-0.2, -0.15) is 0 Å². The summed E-state index contributed by atoms with van der Waals surface area (Å²) in [7, 11) is 1.99. The summed E-state index contributed by atoms with van der Waals surface area (Å²) in [4.78, 5) is 15.4. The Morgan fingerprint density at radius 2 is 2.14 bits per heavy atom. The van der Waals surface area contributed by atoms with E-state index in [1.54, 1.807) is 0 Å². The number of aryl methyl sites for hydroxylation is 1. The zero-order chi connectivity index (χ0) is 14.8. The van der Waals surface area contributed by atoms with Crippen LogP contribution in [-0.2, 0) is 18.4 Å². The molecule has 0 unspecified atom stereocenters. The topological polar surface area (TPSA) is 46.9 Å². The zero-order valence-electron chi connectivity index (χ0n) is 12.1. The van der Waals surface area contributed by atoms with Crippen molar-refractivity contribution in [2.24, 2.45) is 7.05 Å². The van der Waals surface area contributed by atoms with Crippen LogP contribution in [0, 0.1) is 0 Å². The molecule has 3 aromatic rings. The second kappa shape index (κ2) is 5.40. The summed E-state index contributed by atoms with van der Waals surface area (Å²) in [5, 5.41) is 3.96. The lowest BCUT2D eigenvalue weighted by Crippen LogP contribution is -2.18. The van der Waals surface area contributed by atoms with Crippen molar-refractivity contribution < 1.29 is 4.79 Å². The molecule has 0 spiro atoms. The number of nitrogens with one attached hydrogen (secondary N) is 1. The summed E-state index contributed by atoms with van der Waals surface area (Å²) < 4.78 is 2.01. The van der Waals surface area contributed by atoms with Crippen LogP contribution >= 0.6 is 0 Å². The predicted molar refractivity (Wildman–Crippen MR) is 83.7 cm³/mol. The molecule has 21 heavy (non-hydrogen) atoms. The highest BCUT2D eigenvalue weighted by Gasteiger charge is 2.07. The molecule has 0 radical (unpaired) electrons. The van der Waals surface area contributed by atoms with Crippen LogP contribution in [0.3, 0.4) is 0 Å². The number of carbonyl (C=O) groups is 1. The van der Waals surface area contributed by atoms with Gasteiger partial charge in [0.2, 0.25) is 5.91 Å². The molecule has 4 heteroatoms. The van der Waals surface area contributed by atoms with Gasteiger partial charge in [-0.15, -0.1) is 0 Å². The van der Waals surface area contributed by atoms with E-state index < -0.39 is 0 Å². The Morgan fingerprint density at radius 3 is 2.95 bits per heavy atom. The molecule has 1 amide bonds. The van der Waals surface area contributed by atoms with Crippen molar-refractivity contribution in [3.8, 4) is 11.1 Å². The van der Waals surface area contributed by atoms with Crippen LogP contribution in [0.25, 0.3) is 22.2 Å². The Balaban J connectivity index is 2.02. The van der Waals surface area contributed by atoms with Gasteiger partial charge in [0.25, 0.3) is 0 Å². The molecule has 0 saturated carbocycles. The highest BCUT2D eigenvalue weighted by Crippen LogP contribution is 2.28. The van der Waals surface area contributed by atoms with Crippen LogP contribution in [0.1, 0.15) is 12.5 Å². The van der Waals surface area contributed by atoms with Gasteiger partial charge in [-0.1, -0.05) is 18.2 Å². The molecule has 2 heterocycles. The Kier molecular flexibility index (Phi) is 3.44. The van der Waals surface area contributed by atoms with E-state index in [0.717, 1.165) is 27.7 Å². The smallest absolute Gasteiger partial charge is 0.217 e. The highest BCUT2D eigenvalue weighted by molar-refractivity contribution is 5.93. The number of pyridine rings is 1. The molecule has 3 rings (SSSR count). The summed E-state index contributed by atoms with van der Waals surface area (Å²) in [5.41, 5.74) is 4.35. The van der Waals surface area contributed by atoms with Gasteiger partial charge in [0.05, 0.1) is 0 Å². The van der Waals surface area contributed by atoms with Crippen LogP contribution in [-0.4, -0.2) is 15.5 Å². The van der Waals surface area contributed by atoms with Gasteiger partial charge in [0.1, 0.15) is 5.65 Å². The third kappa shape index (κ3) is 2.65. The average Bonchev–Trinajstić information content (AvgIpc) is 2.87. The predicted octanol–water partition coefficient (Wildman–Crippen LogP) is 2.88. The number of fused-ring (bicyclic) bond motifs is 1. The largest absolute Gasteiger partial charge is 0.352 e. The van der Waals surface area contributed by atoms with Crippen molar-refractivity contribution in [3.05, 3.63) is 54.4 Å². The number of amides is 1. The minimum absolute atomic E-state index is 0.0187. The molecular formula is C17H17N3O.